The zero-order valence-electron chi connectivity index (χ0n) is 9.98. The molecule has 1 atom stereocenters. The molecule has 1 unspecified atom stereocenters. The van der Waals surface area contributed by atoms with E-state index in [1.165, 1.54) is 6.07 Å². The first-order chi connectivity index (χ1) is 8.60. The van der Waals surface area contributed by atoms with Gasteiger partial charge in [-0.15, -0.1) is 5.10 Å². The number of hydrogen-bond acceptors (Lipinski definition) is 3. The minimum Gasteiger partial charge on any atom is -0.323 e. The minimum atomic E-state index is -0.272. The fourth-order valence-electron chi connectivity index (χ4n) is 1.59. The van der Waals surface area contributed by atoms with Gasteiger partial charge in [-0.25, -0.2) is 9.07 Å². The lowest BCUT2D eigenvalue weighted by Crippen LogP contribution is -2.08. The van der Waals surface area contributed by atoms with Crippen LogP contribution in [0, 0.1) is 5.82 Å². The Bertz CT molecular complexity index is 541. The Morgan fingerprint density at radius 3 is 2.94 bits per heavy atom. The zero-order chi connectivity index (χ0) is 13.1. The summed E-state index contributed by atoms with van der Waals surface area (Å²) in [7, 11) is 0. The van der Waals surface area contributed by atoms with Crippen molar-refractivity contribution in [3.8, 4) is 0 Å². The average Bonchev–Trinajstić information content (AvgIpc) is 2.81. The molecular formula is C12H14BrFN4. The lowest BCUT2D eigenvalue weighted by Gasteiger charge is -2.03. The zero-order valence-corrected chi connectivity index (χ0v) is 11.6. The summed E-state index contributed by atoms with van der Waals surface area (Å²) in [6, 6.07) is 4.80. The summed E-state index contributed by atoms with van der Waals surface area (Å²) >= 11 is 3.16. The molecule has 96 valence electrons. The first-order valence-corrected chi connectivity index (χ1v) is 6.49. The molecule has 0 fully saturated rings. The largest absolute Gasteiger partial charge is 0.323 e. The molecule has 2 N–H and O–H groups in total. The van der Waals surface area contributed by atoms with Crippen LogP contribution in [0.15, 0.2) is 28.9 Å². The summed E-state index contributed by atoms with van der Waals surface area (Å²) in [4.78, 5) is 0. The summed E-state index contributed by atoms with van der Waals surface area (Å²) in [5.41, 5.74) is 7.60. The molecule has 4 nitrogen and oxygen atoms in total. The maximum absolute atomic E-state index is 13.1. The Balaban J connectivity index is 2.13. The van der Waals surface area contributed by atoms with Gasteiger partial charge in [-0.1, -0.05) is 18.2 Å². The fourth-order valence-corrected chi connectivity index (χ4v) is 2.02. The quantitative estimate of drug-likeness (QED) is 0.944. The fraction of sp³-hybridized carbons (Fsp3) is 0.333. The van der Waals surface area contributed by atoms with Gasteiger partial charge in [-0.05, 0) is 40.0 Å². The molecular weight excluding hydrogens is 299 g/mol. The Labute approximate surface area is 113 Å². The van der Waals surface area contributed by atoms with E-state index in [1.807, 2.05) is 13.1 Å². The summed E-state index contributed by atoms with van der Waals surface area (Å²) in [6.45, 7) is 2.54. The molecule has 0 aliphatic rings. The van der Waals surface area contributed by atoms with Crippen LogP contribution in [-0.4, -0.2) is 15.0 Å². The summed E-state index contributed by atoms with van der Waals surface area (Å²) in [6.07, 6.45) is 2.65. The van der Waals surface area contributed by atoms with Crippen LogP contribution in [0.4, 0.5) is 4.39 Å². The second-order valence-corrected chi connectivity index (χ2v) is 4.96. The van der Waals surface area contributed by atoms with Crippen LogP contribution in [0.3, 0.4) is 0 Å². The predicted molar refractivity (Wildman–Crippen MR) is 70.4 cm³/mol. The number of nitrogens with zero attached hydrogens (tertiary/aromatic N) is 3. The number of benzene rings is 1. The van der Waals surface area contributed by atoms with Crippen molar-refractivity contribution in [2.75, 3.05) is 0 Å². The normalized spacial score (nSPS) is 12.7. The SMILES string of the molecule is CCC(N)c1cn(Cc2ccc(F)c(Br)c2)nn1. The molecule has 2 rings (SSSR count). The van der Waals surface area contributed by atoms with Crippen molar-refractivity contribution in [3.05, 3.63) is 45.9 Å². The predicted octanol–water partition coefficient (Wildman–Crippen LogP) is 2.64. The van der Waals surface area contributed by atoms with E-state index < -0.39 is 0 Å². The molecule has 2 aromatic rings. The first kappa shape index (κ1) is 13.2. The van der Waals surface area contributed by atoms with Gasteiger partial charge in [-0.2, -0.15) is 0 Å². The van der Waals surface area contributed by atoms with Crippen LogP contribution in [0.2, 0.25) is 0 Å². The Hall–Kier alpha value is -1.27. The monoisotopic (exact) mass is 312 g/mol. The highest BCUT2D eigenvalue weighted by Crippen LogP contribution is 2.17. The van der Waals surface area contributed by atoms with Gasteiger partial charge in [0.05, 0.1) is 29.0 Å². The van der Waals surface area contributed by atoms with E-state index in [-0.39, 0.29) is 11.9 Å². The van der Waals surface area contributed by atoms with Gasteiger partial charge >= 0.3 is 0 Å². The Morgan fingerprint density at radius 2 is 2.28 bits per heavy atom. The van der Waals surface area contributed by atoms with Gasteiger partial charge in [0.2, 0.25) is 0 Å². The molecule has 1 aromatic carbocycles. The summed E-state index contributed by atoms with van der Waals surface area (Å²) in [5.74, 6) is -0.272. The number of rotatable bonds is 4. The van der Waals surface area contributed by atoms with Crippen molar-refractivity contribution < 1.29 is 4.39 Å². The van der Waals surface area contributed by atoms with Crippen LogP contribution in [0.25, 0.3) is 0 Å². The van der Waals surface area contributed by atoms with Crippen molar-refractivity contribution >= 4 is 15.9 Å². The standard InChI is InChI=1S/C12H14BrFN4/c1-2-11(15)12-7-18(17-16-12)6-8-3-4-10(14)9(13)5-8/h3-5,7,11H,2,6,15H2,1H3. The number of aromatic nitrogens is 3. The van der Waals surface area contributed by atoms with Gasteiger partial charge in [0, 0.05) is 0 Å². The topological polar surface area (TPSA) is 56.7 Å². The van der Waals surface area contributed by atoms with E-state index in [9.17, 15) is 4.39 Å². The third-order valence-electron chi connectivity index (χ3n) is 2.70. The third kappa shape index (κ3) is 2.94. The Morgan fingerprint density at radius 1 is 1.50 bits per heavy atom. The van der Waals surface area contributed by atoms with E-state index in [0.29, 0.717) is 11.0 Å². The van der Waals surface area contributed by atoms with Crippen molar-refractivity contribution in [3.63, 3.8) is 0 Å². The third-order valence-corrected chi connectivity index (χ3v) is 3.31. The highest BCUT2D eigenvalue weighted by molar-refractivity contribution is 9.10. The average molecular weight is 313 g/mol. The maximum atomic E-state index is 13.1. The molecule has 0 amide bonds. The van der Waals surface area contributed by atoms with Crippen LogP contribution in [-0.2, 0) is 6.54 Å². The molecule has 6 heteroatoms. The highest BCUT2D eigenvalue weighted by atomic mass is 79.9. The number of nitrogens with two attached hydrogens (primary N) is 1. The van der Waals surface area contributed by atoms with Gasteiger partial charge in [-0.3, -0.25) is 0 Å². The molecule has 0 bridgehead atoms. The lowest BCUT2D eigenvalue weighted by atomic mass is 10.2. The van der Waals surface area contributed by atoms with E-state index in [1.54, 1.807) is 16.8 Å². The summed E-state index contributed by atoms with van der Waals surface area (Å²) < 4.78 is 15.2. The van der Waals surface area contributed by atoms with Crippen LogP contribution in [0.5, 0.6) is 0 Å². The molecule has 0 spiro atoms. The molecule has 1 heterocycles. The van der Waals surface area contributed by atoms with Crippen molar-refractivity contribution in [2.24, 2.45) is 5.73 Å². The molecule has 0 aliphatic carbocycles. The molecule has 1 aromatic heterocycles. The van der Waals surface area contributed by atoms with E-state index in [2.05, 4.69) is 26.2 Å². The summed E-state index contributed by atoms with van der Waals surface area (Å²) in [5, 5.41) is 8.04. The van der Waals surface area contributed by atoms with Gasteiger partial charge in [0.1, 0.15) is 5.82 Å². The van der Waals surface area contributed by atoms with Crippen molar-refractivity contribution in [2.45, 2.75) is 25.9 Å². The Kier molecular flexibility index (Phi) is 4.08. The van der Waals surface area contributed by atoms with E-state index in [4.69, 9.17) is 5.73 Å². The number of halogens is 2. The lowest BCUT2D eigenvalue weighted by molar-refractivity contribution is 0.615. The smallest absolute Gasteiger partial charge is 0.137 e. The maximum Gasteiger partial charge on any atom is 0.137 e. The van der Waals surface area contributed by atoms with Crippen LogP contribution >= 0.6 is 15.9 Å². The van der Waals surface area contributed by atoms with E-state index in [0.717, 1.165) is 17.7 Å². The van der Waals surface area contributed by atoms with E-state index >= 15 is 0 Å². The molecule has 18 heavy (non-hydrogen) atoms. The number of hydrogen-bond donors (Lipinski definition) is 1. The van der Waals surface area contributed by atoms with Crippen molar-refractivity contribution in [1.82, 2.24) is 15.0 Å². The second kappa shape index (κ2) is 5.58. The molecule has 0 saturated heterocycles. The van der Waals surface area contributed by atoms with Gasteiger partial charge < -0.3 is 5.73 Å². The van der Waals surface area contributed by atoms with Gasteiger partial charge in [0.25, 0.3) is 0 Å². The highest BCUT2D eigenvalue weighted by Gasteiger charge is 2.09. The second-order valence-electron chi connectivity index (χ2n) is 4.10. The minimum absolute atomic E-state index is 0.0845. The van der Waals surface area contributed by atoms with Gasteiger partial charge in [0.15, 0.2) is 0 Å². The molecule has 0 aliphatic heterocycles. The van der Waals surface area contributed by atoms with Crippen LogP contribution in [0.1, 0.15) is 30.6 Å². The molecule has 0 saturated carbocycles. The van der Waals surface area contributed by atoms with Crippen molar-refractivity contribution in [1.29, 1.82) is 0 Å². The molecule has 0 radical (unpaired) electrons. The first-order valence-electron chi connectivity index (χ1n) is 5.69. The van der Waals surface area contributed by atoms with Crippen LogP contribution < -0.4 is 5.73 Å².